The van der Waals surface area contributed by atoms with Crippen molar-refractivity contribution in [3.05, 3.63) is 35.0 Å². The van der Waals surface area contributed by atoms with E-state index in [9.17, 15) is 0 Å². The first kappa shape index (κ1) is 12.2. The molecule has 3 N–H and O–H groups in total. The molecule has 0 aliphatic rings. The summed E-state index contributed by atoms with van der Waals surface area (Å²) < 4.78 is 5.20. The molecule has 0 radical (unpaired) electrons. The maximum absolute atomic E-state index is 8.92. The van der Waals surface area contributed by atoms with E-state index in [2.05, 4.69) is 10.3 Å². The van der Waals surface area contributed by atoms with Crippen LogP contribution in [0.25, 0.3) is 0 Å². The van der Waals surface area contributed by atoms with Gasteiger partial charge >= 0.3 is 0 Å². The standard InChI is InChI=1S/C12H12N4OS/c1-17-11-10(14)9(5-13)18-12(11)16-7-8-3-2-4-15-6-8/h2-4,6,16H,7,14H2,1H3. The first-order valence-electron chi connectivity index (χ1n) is 5.25. The summed E-state index contributed by atoms with van der Waals surface area (Å²) in [5.41, 5.74) is 7.24. The maximum Gasteiger partial charge on any atom is 0.177 e. The fraction of sp³-hybridized carbons (Fsp3) is 0.167. The van der Waals surface area contributed by atoms with E-state index in [0.717, 1.165) is 10.6 Å². The van der Waals surface area contributed by atoms with Crippen LogP contribution in [0.4, 0.5) is 10.7 Å². The van der Waals surface area contributed by atoms with Crippen LogP contribution in [0.15, 0.2) is 24.5 Å². The predicted molar refractivity (Wildman–Crippen MR) is 71.6 cm³/mol. The molecule has 0 aromatic carbocycles. The molecular weight excluding hydrogens is 248 g/mol. The third kappa shape index (κ3) is 2.36. The lowest BCUT2D eigenvalue weighted by molar-refractivity contribution is 0.420. The van der Waals surface area contributed by atoms with Crippen LogP contribution in [-0.4, -0.2) is 12.1 Å². The second-order valence-corrected chi connectivity index (χ2v) is 4.55. The molecule has 6 heteroatoms. The van der Waals surface area contributed by atoms with Gasteiger partial charge in [-0.25, -0.2) is 0 Å². The van der Waals surface area contributed by atoms with Crippen molar-refractivity contribution in [1.82, 2.24) is 4.98 Å². The highest BCUT2D eigenvalue weighted by Gasteiger charge is 2.16. The van der Waals surface area contributed by atoms with Crippen LogP contribution >= 0.6 is 11.3 Å². The molecule has 0 aliphatic heterocycles. The number of hydrogen-bond acceptors (Lipinski definition) is 6. The average molecular weight is 260 g/mol. The molecule has 5 nitrogen and oxygen atoms in total. The minimum atomic E-state index is 0.388. The van der Waals surface area contributed by atoms with Gasteiger partial charge in [-0.1, -0.05) is 6.07 Å². The summed E-state index contributed by atoms with van der Waals surface area (Å²) in [6.07, 6.45) is 3.50. The molecule has 0 bridgehead atoms. The molecule has 0 saturated carbocycles. The van der Waals surface area contributed by atoms with Gasteiger partial charge in [0.25, 0.3) is 0 Å². The Kier molecular flexibility index (Phi) is 3.65. The van der Waals surface area contributed by atoms with Gasteiger partial charge in [-0.15, -0.1) is 11.3 Å². The van der Waals surface area contributed by atoms with E-state index in [0.29, 0.717) is 22.9 Å². The first-order valence-corrected chi connectivity index (χ1v) is 6.07. The monoisotopic (exact) mass is 260 g/mol. The lowest BCUT2D eigenvalue weighted by Gasteiger charge is -2.06. The average Bonchev–Trinajstić information content (AvgIpc) is 2.73. The Bertz CT molecular complexity index is 574. The second-order valence-electron chi connectivity index (χ2n) is 3.53. The van der Waals surface area contributed by atoms with Crippen LogP contribution in [0.5, 0.6) is 5.75 Å². The van der Waals surface area contributed by atoms with Crippen molar-refractivity contribution in [1.29, 1.82) is 5.26 Å². The number of nitrogens with two attached hydrogens (primary N) is 1. The van der Waals surface area contributed by atoms with E-state index >= 15 is 0 Å². The van der Waals surface area contributed by atoms with Gasteiger partial charge in [-0.05, 0) is 11.6 Å². The molecule has 2 rings (SSSR count). The molecule has 2 heterocycles. The number of hydrogen-bond donors (Lipinski definition) is 2. The highest BCUT2D eigenvalue weighted by atomic mass is 32.1. The van der Waals surface area contributed by atoms with E-state index in [1.54, 1.807) is 12.4 Å². The van der Waals surface area contributed by atoms with Crippen molar-refractivity contribution < 1.29 is 4.74 Å². The molecule has 0 spiro atoms. The number of nitrogens with one attached hydrogen (secondary N) is 1. The van der Waals surface area contributed by atoms with E-state index in [4.69, 9.17) is 15.7 Å². The molecular formula is C12H12N4OS. The number of thiophene rings is 1. The van der Waals surface area contributed by atoms with Gasteiger partial charge in [0.15, 0.2) is 5.75 Å². The minimum absolute atomic E-state index is 0.388. The van der Waals surface area contributed by atoms with E-state index < -0.39 is 0 Å². The number of pyridine rings is 1. The van der Waals surface area contributed by atoms with Gasteiger partial charge in [0.1, 0.15) is 21.6 Å². The molecule has 0 fully saturated rings. The summed E-state index contributed by atoms with van der Waals surface area (Å²) >= 11 is 1.29. The van der Waals surface area contributed by atoms with Crippen LogP contribution < -0.4 is 15.8 Å². The van der Waals surface area contributed by atoms with Gasteiger partial charge in [-0.3, -0.25) is 4.98 Å². The second kappa shape index (κ2) is 5.38. The third-order valence-corrected chi connectivity index (χ3v) is 3.43. The molecule has 18 heavy (non-hydrogen) atoms. The highest BCUT2D eigenvalue weighted by molar-refractivity contribution is 7.17. The number of aromatic nitrogens is 1. The maximum atomic E-state index is 8.92. The fourth-order valence-corrected chi connectivity index (χ4v) is 2.40. The third-order valence-electron chi connectivity index (χ3n) is 2.38. The molecule has 92 valence electrons. The van der Waals surface area contributed by atoms with Crippen molar-refractivity contribution in [3.63, 3.8) is 0 Å². The number of nitriles is 1. The SMILES string of the molecule is COc1c(NCc2cccnc2)sc(C#N)c1N. The summed E-state index contributed by atoms with van der Waals surface area (Å²) in [5, 5.41) is 12.9. The minimum Gasteiger partial charge on any atom is -0.492 e. The van der Waals surface area contributed by atoms with E-state index in [-0.39, 0.29) is 0 Å². The first-order chi connectivity index (χ1) is 8.76. The lowest BCUT2D eigenvalue weighted by Crippen LogP contribution is -2.00. The molecule has 0 atom stereocenters. The van der Waals surface area contributed by atoms with Gasteiger partial charge in [0.05, 0.1) is 7.11 Å². The molecule has 2 aromatic rings. The fourth-order valence-electron chi connectivity index (χ4n) is 1.52. The Hall–Kier alpha value is -2.26. The molecule has 0 saturated heterocycles. The zero-order valence-corrected chi connectivity index (χ0v) is 10.6. The number of rotatable bonds is 4. The Morgan fingerprint density at radius 2 is 2.44 bits per heavy atom. The van der Waals surface area contributed by atoms with Crippen molar-refractivity contribution in [2.45, 2.75) is 6.54 Å². The molecule has 0 unspecified atom stereocenters. The van der Waals surface area contributed by atoms with Crippen LogP contribution in [0.1, 0.15) is 10.4 Å². The van der Waals surface area contributed by atoms with Crippen LogP contribution in [-0.2, 0) is 6.54 Å². The van der Waals surface area contributed by atoms with Crippen LogP contribution in [0, 0.1) is 11.3 Å². The van der Waals surface area contributed by atoms with Gasteiger partial charge < -0.3 is 15.8 Å². The predicted octanol–water partition coefficient (Wildman–Crippen LogP) is 2.22. The van der Waals surface area contributed by atoms with Gasteiger partial charge in [-0.2, -0.15) is 5.26 Å². The van der Waals surface area contributed by atoms with Crippen molar-refractivity contribution in [2.75, 3.05) is 18.2 Å². The number of nitrogens with zero attached hydrogens (tertiary/aromatic N) is 2. The molecule has 0 aliphatic carbocycles. The summed E-state index contributed by atoms with van der Waals surface area (Å²) in [5.74, 6) is 0.528. The Labute approximate surface area is 109 Å². The number of anilines is 2. The zero-order chi connectivity index (χ0) is 13.0. The quantitative estimate of drug-likeness (QED) is 0.880. The van der Waals surface area contributed by atoms with Gasteiger partial charge in [0.2, 0.25) is 0 Å². The Balaban J connectivity index is 2.17. The number of ether oxygens (including phenoxy) is 1. The normalized spacial score (nSPS) is 9.78. The molecule has 0 amide bonds. The summed E-state index contributed by atoms with van der Waals surface area (Å²) in [7, 11) is 1.54. The van der Waals surface area contributed by atoms with Gasteiger partial charge in [0, 0.05) is 18.9 Å². The number of methoxy groups -OCH3 is 1. The Morgan fingerprint density at radius 3 is 3.06 bits per heavy atom. The van der Waals surface area contributed by atoms with E-state index in [1.165, 1.54) is 18.4 Å². The van der Waals surface area contributed by atoms with Crippen molar-refractivity contribution in [3.8, 4) is 11.8 Å². The summed E-state index contributed by atoms with van der Waals surface area (Å²) in [6, 6.07) is 5.89. The molecule has 2 aromatic heterocycles. The van der Waals surface area contributed by atoms with Crippen LogP contribution in [0.2, 0.25) is 0 Å². The smallest absolute Gasteiger partial charge is 0.177 e. The Morgan fingerprint density at radius 1 is 1.61 bits per heavy atom. The number of nitrogen functional groups attached to an aromatic ring is 1. The largest absolute Gasteiger partial charge is 0.492 e. The van der Waals surface area contributed by atoms with Crippen molar-refractivity contribution >= 4 is 22.0 Å². The summed E-state index contributed by atoms with van der Waals surface area (Å²) in [6.45, 7) is 0.606. The lowest BCUT2D eigenvalue weighted by atomic mass is 10.3. The van der Waals surface area contributed by atoms with Crippen LogP contribution in [0.3, 0.4) is 0 Å². The van der Waals surface area contributed by atoms with Crippen molar-refractivity contribution in [2.24, 2.45) is 0 Å². The van der Waals surface area contributed by atoms with E-state index in [1.807, 2.05) is 18.2 Å². The summed E-state index contributed by atoms with van der Waals surface area (Å²) in [4.78, 5) is 4.49. The highest BCUT2D eigenvalue weighted by Crippen LogP contribution is 2.42. The topological polar surface area (TPSA) is 84.0 Å². The zero-order valence-electron chi connectivity index (χ0n) is 9.80.